The summed E-state index contributed by atoms with van der Waals surface area (Å²) in [5.41, 5.74) is 1.99. The van der Waals surface area contributed by atoms with Crippen LogP contribution in [0.3, 0.4) is 0 Å². The van der Waals surface area contributed by atoms with E-state index >= 15 is 0 Å². The van der Waals surface area contributed by atoms with Gasteiger partial charge in [-0.1, -0.05) is 42.5 Å². The Kier molecular flexibility index (Phi) is 1.86. The molecule has 0 amide bonds. The Bertz CT molecular complexity index is 806. The molecular weight excluding hydrogens is 220 g/mol. The summed E-state index contributed by atoms with van der Waals surface area (Å²) in [5, 5.41) is 4.74. The summed E-state index contributed by atoms with van der Waals surface area (Å²) in [6.07, 6.45) is 3.65. The van der Waals surface area contributed by atoms with Crippen LogP contribution >= 0.6 is 0 Å². The third-order valence-electron chi connectivity index (χ3n) is 3.35. The normalized spacial score (nSPS) is 11.3. The molecule has 2 heterocycles. The van der Waals surface area contributed by atoms with E-state index in [4.69, 9.17) is 0 Å². The third kappa shape index (κ3) is 1.23. The van der Waals surface area contributed by atoms with Crippen LogP contribution in [0.1, 0.15) is 0 Å². The second-order valence-electron chi connectivity index (χ2n) is 4.38. The zero-order chi connectivity index (χ0) is 11.9. The highest BCUT2D eigenvalue weighted by Gasteiger charge is 2.05. The largest absolute Gasteiger partial charge is 0.255 e. The molecule has 0 aliphatic rings. The molecule has 2 heteroatoms. The van der Waals surface area contributed by atoms with Gasteiger partial charge in [-0.3, -0.25) is 9.97 Å². The highest BCUT2D eigenvalue weighted by atomic mass is 14.7. The highest BCUT2D eigenvalue weighted by molar-refractivity contribution is 6.14. The minimum absolute atomic E-state index is 0.945. The van der Waals surface area contributed by atoms with Gasteiger partial charge in [0.15, 0.2) is 0 Å². The topological polar surface area (TPSA) is 25.8 Å². The fourth-order valence-corrected chi connectivity index (χ4v) is 2.49. The maximum absolute atomic E-state index is 4.58. The van der Waals surface area contributed by atoms with Crippen LogP contribution in [0.5, 0.6) is 0 Å². The summed E-state index contributed by atoms with van der Waals surface area (Å²) in [7, 11) is 0. The monoisotopic (exact) mass is 230 g/mol. The van der Waals surface area contributed by atoms with E-state index in [1.165, 1.54) is 16.2 Å². The van der Waals surface area contributed by atoms with E-state index in [-0.39, 0.29) is 0 Å². The highest BCUT2D eigenvalue weighted by Crippen LogP contribution is 2.28. The summed E-state index contributed by atoms with van der Waals surface area (Å²) in [6, 6.07) is 16.7. The number of nitrogens with zero attached hydrogens (tertiary/aromatic N) is 2. The van der Waals surface area contributed by atoms with Gasteiger partial charge >= 0.3 is 0 Å². The van der Waals surface area contributed by atoms with Gasteiger partial charge in [0, 0.05) is 22.4 Å². The molecule has 0 unspecified atom stereocenters. The number of fused-ring (bicyclic) bond motifs is 5. The molecule has 0 N–H and O–H groups in total. The molecule has 2 nitrogen and oxygen atoms in total. The molecule has 2 aromatic carbocycles. The van der Waals surface area contributed by atoms with E-state index in [2.05, 4.69) is 52.4 Å². The fourth-order valence-electron chi connectivity index (χ4n) is 2.49. The number of aromatic nitrogens is 2. The Labute approximate surface area is 104 Å². The summed E-state index contributed by atoms with van der Waals surface area (Å²) in [6.45, 7) is 0. The number of benzene rings is 2. The molecule has 0 radical (unpaired) electrons. The van der Waals surface area contributed by atoms with Crippen molar-refractivity contribution in [1.82, 2.24) is 9.97 Å². The van der Waals surface area contributed by atoms with Crippen molar-refractivity contribution in [3.63, 3.8) is 0 Å². The maximum atomic E-state index is 4.58. The van der Waals surface area contributed by atoms with E-state index in [9.17, 15) is 0 Å². The predicted octanol–water partition coefficient (Wildman–Crippen LogP) is 3.94. The molecule has 4 rings (SSSR count). The quantitative estimate of drug-likeness (QED) is 0.428. The van der Waals surface area contributed by atoms with Gasteiger partial charge in [0.1, 0.15) is 0 Å². The molecule has 0 aliphatic carbocycles. The molecule has 0 aliphatic heterocycles. The molecule has 0 spiro atoms. The summed E-state index contributed by atoms with van der Waals surface area (Å²) in [4.78, 5) is 8.92. The van der Waals surface area contributed by atoms with Crippen LogP contribution in [-0.2, 0) is 0 Å². The lowest BCUT2D eigenvalue weighted by Crippen LogP contribution is -1.85. The molecule has 84 valence electrons. The van der Waals surface area contributed by atoms with Crippen LogP contribution in [0.15, 0.2) is 60.9 Å². The SMILES string of the molecule is c1ccc2c(c1)ccc1c3cccnc3cnc21. The van der Waals surface area contributed by atoms with Crippen molar-refractivity contribution in [3.8, 4) is 0 Å². The lowest BCUT2D eigenvalue weighted by molar-refractivity contribution is 1.36. The molecule has 2 aromatic heterocycles. The van der Waals surface area contributed by atoms with Gasteiger partial charge in [0.05, 0.1) is 17.2 Å². The van der Waals surface area contributed by atoms with Crippen LogP contribution in [-0.4, -0.2) is 9.97 Å². The lowest BCUT2D eigenvalue weighted by atomic mass is 10.0. The van der Waals surface area contributed by atoms with E-state index in [0.29, 0.717) is 0 Å². The number of hydrogen-bond donors (Lipinski definition) is 0. The summed E-state index contributed by atoms with van der Waals surface area (Å²) >= 11 is 0. The van der Waals surface area contributed by atoms with E-state index < -0.39 is 0 Å². The second kappa shape index (κ2) is 3.50. The van der Waals surface area contributed by atoms with Gasteiger partial charge in [0.2, 0.25) is 0 Å². The molecule has 18 heavy (non-hydrogen) atoms. The first-order valence-corrected chi connectivity index (χ1v) is 5.95. The van der Waals surface area contributed by atoms with Crippen LogP contribution in [0.4, 0.5) is 0 Å². The average Bonchev–Trinajstić information content (AvgIpc) is 2.46. The maximum Gasteiger partial charge on any atom is 0.0891 e. The van der Waals surface area contributed by atoms with E-state index in [0.717, 1.165) is 16.4 Å². The van der Waals surface area contributed by atoms with E-state index in [1.807, 2.05) is 12.3 Å². The number of hydrogen-bond acceptors (Lipinski definition) is 2. The van der Waals surface area contributed by atoms with Crippen LogP contribution < -0.4 is 0 Å². The Hall–Kier alpha value is -2.48. The molecule has 0 saturated carbocycles. The van der Waals surface area contributed by atoms with Crippen molar-refractivity contribution in [3.05, 3.63) is 60.9 Å². The first-order chi connectivity index (χ1) is 8.93. The van der Waals surface area contributed by atoms with Crippen molar-refractivity contribution in [1.29, 1.82) is 0 Å². The zero-order valence-corrected chi connectivity index (χ0v) is 9.67. The average molecular weight is 230 g/mol. The zero-order valence-electron chi connectivity index (χ0n) is 9.67. The van der Waals surface area contributed by atoms with Crippen LogP contribution in [0, 0.1) is 0 Å². The minimum atomic E-state index is 0.945. The smallest absolute Gasteiger partial charge is 0.0891 e. The first kappa shape index (κ1) is 9.54. The molecule has 0 atom stereocenters. The van der Waals surface area contributed by atoms with Crippen molar-refractivity contribution < 1.29 is 0 Å². The van der Waals surface area contributed by atoms with Gasteiger partial charge < -0.3 is 0 Å². The molecule has 0 bridgehead atoms. The van der Waals surface area contributed by atoms with Gasteiger partial charge in [-0.25, -0.2) is 0 Å². The van der Waals surface area contributed by atoms with Gasteiger partial charge in [-0.05, 0) is 11.5 Å². The van der Waals surface area contributed by atoms with Gasteiger partial charge in [-0.15, -0.1) is 0 Å². The Morgan fingerprint density at radius 2 is 1.56 bits per heavy atom. The molecule has 0 saturated heterocycles. The van der Waals surface area contributed by atoms with Gasteiger partial charge in [-0.2, -0.15) is 0 Å². The van der Waals surface area contributed by atoms with Crippen molar-refractivity contribution >= 4 is 32.6 Å². The summed E-state index contributed by atoms with van der Waals surface area (Å²) in [5.74, 6) is 0. The Morgan fingerprint density at radius 3 is 2.56 bits per heavy atom. The molecular formula is C16H10N2. The minimum Gasteiger partial charge on any atom is -0.255 e. The fraction of sp³-hybridized carbons (Fsp3) is 0. The number of pyridine rings is 2. The number of rotatable bonds is 0. The first-order valence-electron chi connectivity index (χ1n) is 5.95. The van der Waals surface area contributed by atoms with Crippen LogP contribution in [0.25, 0.3) is 32.6 Å². The van der Waals surface area contributed by atoms with E-state index in [1.54, 1.807) is 6.20 Å². The summed E-state index contributed by atoms with van der Waals surface area (Å²) < 4.78 is 0. The van der Waals surface area contributed by atoms with Crippen molar-refractivity contribution in [2.24, 2.45) is 0 Å². The van der Waals surface area contributed by atoms with Crippen molar-refractivity contribution in [2.75, 3.05) is 0 Å². The second-order valence-corrected chi connectivity index (χ2v) is 4.38. The van der Waals surface area contributed by atoms with Crippen LogP contribution in [0.2, 0.25) is 0 Å². The Balaban J connectivity index is 2.31. The molecule has 4 aromatic rings. The molecule has 0 fully saturated rings. The standard InChI is InChI=1S/C16H10N2/c1-2-5-12-11(4-1)7-8-14-13-6-3-9-17-15(13)10-18-16(12)14/h1-10H. The van der Waals surface area contributed by atoms with Gasteiger partial charge in [0.25, 0.3) is 0 Å². The third-order valence-corrected chi connectivity index (χ3v) is 3.35. The lowest BCUT2D eigenvalue weighted by Gasteiger charge is -2.05. The van der Waals surface area contributed by atoms with Crippen molar-refractivity contribution in [2.45, 2.75) is 0 Å². The Morgan fingerprint density at radius 1 is 0.667 bits per heavy atom. The predicted molar refractivity (Wildman–Crippen MR) is 74.6 cm³/mol.